The third-order valence-electron chi connectivity index (χ3n) is 6.78. The van der Waals surface area contributed by atoms with Crippen LogP contribution in [-0.2, 0) is 4.79 Å². The Morgan fingerprint density at radius 2 is 1.80 bits per heavy atom. The molecule has 130 valence electrons. The van der Waals surface area contributed by atoms with E-state index in [1.54, 1.807) is 12.1 Å². The van der Waals surface area contributed by atoms with E-state index in [0.29, 0.717) is 30.4 Å². The van der Waals surface area contributed by atoms with Gasteiger partial charge in [-0.1, -0.05) is 0 Å². The second-order valence-corrected chi connectivity index (χ2v) is 8.64. The van der Waals surface area contributed by atoms with Crippen molar-refractivity contribution in [1.82, 2.24) is 9.88 Å². The van der Waals surface area contributed by atoms with Crippen LogP contribution in [0.25, 0.3) is 0 Å². The van der Waals surface area contributed by atoms with Crippen LogP contribution in [0.3, 0.4) is 0 Å². The zero-order valence-corrected chi connectivity index (χ0v) is 14.4. The lowest BCUT2D eigenvalue weighted by molar-refractivity contribution is -0.166. The van der Waals surface area contributed by atoms with E-state index in [1.165, 1.54) is 25.5 Å². The third-order valence-corrected chi connectivity index (χ3v) is 6.78. The van der Waals surface area contributed by atoms with Crippen molar-refractivity contribution in [2.45, 2.75) is 44.6 Å². The summed E-state index contributed by atoms with van der Waals surface area (Å²) in [6.07, 6.45) is 9.00. The topological polar surface area (TPSA) is 66.2 Å². The van der Waals surface area contributed by atoms with Gasteiger partial charge in [0.2, 0.25) is 11.8 Å². The van der Waals surface area contributed by atoms with Gasteiger partial charge in [-0.25, -0.2) is 4.98 Å². The van der Waals surface area contributed by atoms with Crippen LogP contribution in [0.5, 0.6) is 5.88 Å². The number of likely N-dealkylation sites (tertiary alicyclic amines) is 1. The van der Waals surface area contributed by atoms with Crippen molar-refractivity contribution in [2.75, 3.05) is 13.1 Å². The molecule has 0 spiro atoms. The summed E-state index contributed by atoms with van der Waals surface area (Å²) in [4.78, 5) is 19.3. The number of aromatic nitrogens is 1. The van der Waals surface area contributed by atoms with Crippen molar-refractivity contribution in [2.24, 2.45) is 23.2 Å². The Hall–Kier alpha value is -2.09. The number of nitriles is 1. The van der Waals surface area contributed by atoms with Crippen LogP contribution >= 0.6 is 0 Å². The first kappa shape index (κ1) is 15.2. The Morgan fingerprint density at radius 1 is 1.16 bits per heavy atom. The summed E-state index contributed by atoms with van der Waals surface area (Å²) < 4.78 is 5.83. The smallest absolute Gasteiger partial charge is 0.229 e. The molecule has 1 aromatic rings. The van der Waals surface area contributed by atoms with Crippen LogP contribution < -0.4 is 4.74 Å². The number of rotatable bonds is 3. The molecule has 0 aromatic carbocycles. The molecule has 5 fully saturated rings. The van der Waals surface area contributed by atoms with Crippen molar-refractivity contribution >= 4 is 5.91 Å². The van der Waals surface area contributed by atoms with Crippen molar-refractivity contribution < 1.29 is 9.53 Å². The maximum absolute atomic E-state index is 13.2. The number of amides is 1. The van der Waals surface area contributed by atoms with E-state index >= 15 is 0 Å². The Morgan fingerprint density at radius 3 is 2.32 bits per heavy atom. The minimum absolute atomic E-state index is 0.0262. The molecule has 25 heavy (non-hydrogen) atoms. The molecule has 5 aliphatic rings. The summed E-state index contributed by atoms with van der Waals surface area (Å²) in [6.45, 7) is 1.34. The highest BCUT2D eigenvalue weighted by Crippen LogP contribution is 2.60. The summed E-state index contributed by atoms with van der Waals surface area (Å²) >= 11 is 0. The molecular weight excluding hydrogens is 314 g/mol. The summed E-state index contributed by atoms with van der Waals surface area (Å²) in [6, 6.07) is 5.48. The summed E-state index contributed by atoms with van der Waals surface area (Å²) in [5.41, 5.74) is 0.478. The van der Waals surface area contributed by atoms with E-state index in [2.05, 4.69) is 4.98 Å². The zero-order chi connectivity index (χ0) is 17.0. The highest BCUT2D eigenvalue weighted by Gasteiger charge is 2.56. The number of ether oxygens (including phenoxy) is 1. The molecule has 0 radical (unpaired) electrons. The first-order valence-electron chi connectivity index (χ1n) is 9.46. The molecule has 0 unspecified atom stereocenters. The molecule has 1 saturated heterocycles. The predicted octanol–water partition coefficient (Wildman–Crippen LogP) is 2.76. The molecule has 5 heteroatoms. The normalized spacial score (nSPS) is 36.0. The first-order valence-corrected chi connectivity index (χ1v) is 9.46. The molecule has 1 amide bonds. The molecule has 4 aliphatic carbocycles. The van der Waals surface area contributed by atoms with E-state index in [0.717, 1.165) is 37.0 Å². The first-order chi connectivity index (χ1) is 12.1. The van der Waals surface area contributed by atoms with Gasteiger partial charge in [0.05, 0.1) is 24.1 Å². The van der Waals surface area contributed by atoms with Gasteiger partial charge in [0.15, 0.2) is 0 Å². The van der Waals surface area contributed by atoms with E-state index in [4.69, 9.17) is 10.00 Å². The van der Waals surface area contributed by atoms with E-state index in [1.807, 2.05) is 11.0 Å². The minimum atomic E-state index is -0.0492. The van der Waals surface area contributed by atoms with Gasteiger partial charge >= 0.3 is 0 Å². The Balaban J connectivity index is 1.20. The quantitative estimate of drug-likeness (QED) is 0.850. The molecule has 5 nitrogen and oxygen atoms in total. The Labute approximate surface area is 148 Å². The molecule has 0 atom stereocenters. The predicted molar refractivity (Wildman–Crippen MR) is 90.6 cm³/mol. The average Bonchev–Trinajstić information content (AvgIpc) is 2.56. The highest BCUT2D eigenvalue weighted by molar-refractivity contribution is 5.84. The van der Waals surface area contributed by atoms with Crippen LogP contribution in [0.1, 0.15) is 44.1 Å². The lowest BCUT2D eigenvalue weighted by Gasteiger charge is -2.57. The maximum atomic E-state index is 13.2. The number of nitrogens with zero attached hydrogens (tertiary/aromatic N) is 3. The molecule has 6 rings (SSSR count). The average molecular weight is 337 g/mol. The van der Waals surface area contributed by atoms with Crippen molar-refractivity contribution in [3.8, 4) is 11.9 Å². The SMILES string of the molecule is N#Cc1ccc(OC2CN(C(=O)C34CC5CC(CC(C5)C3)C4)C2)nc1. The van der Waals surface area contributed by atoms with Crippen LogP contribution in [-0.4, -0.2) is 35.0 Å². The second-order valence-electron chi connectivity index (χ2n) is 8.64. The summed E-state index contributed by atoms with van der Waals surface area (Å²) in [5, 5.41) is 8.81. The van der Waals surface area contributed by atoms with E-state index < -0.39 is 0 Å². The van der Waals surface area contributed by atoms with Gasteiger partial charge in [0, 0.05) is 12.3 Å². The number of hydrogen-bond acceptors (Lipinski definition) is 4. The van der Waals surface area contributed by atoms with Crippen molar-refractivity contribution in [3.05, 3.63) is 23.9 Å². The van der Waals surface area contributed by atoms with Crippen LogP contribution in [0.4, 0.5) is 0 Å². The molecule has 1 aromatic heterocycles. The van der Waals surface area contributed by atoms with Crippen LogP contribution in [0, 0.1) is 34.5 Å². The van der Waals surface area contributed by atoms with Gasteiger partial charge in [0.25, 0.3) is 0 Å². The molecule has 1 aliphatic heterocycles. The minimum Gasteiger partial charge on any atom is -0.471 e. The van der Waals surface area contributed by atoms with Crippen LogP contribution in [0.2, 0.25) is 0 Å². The number of hydrogen-bond donors (Lipinski definition) is 0. The molecule has 4 bridgehead atoms. The number of carbonyl (C=O) groups excluding carboxylic acids is 1. The maximum Gasteiger partial charge on any atom is 0.229 e. The number of pyridine rings is 1. The fraction of sp³-hybridized carbons (Fsp3) is 0.650. The largest absolute Gasteiger partial charge is 0.471 e. The Bertz CT molecular complexity index is 695. The number of carbonyl (C=O) groups is 1. The molecule has 4 saturated carbocycles. The zero-order valence-electron chi connectivity index (χ0n) is 14.4. The van der Waals surface area contributed by atoms with Crippen molar-refractivity contribution in [1.29, 1.82) is 5.26 Å². The molecule has 2 heterocycles. The van der Waals surface area contributed by atoms with E-state index in [9.17, 15) is 4.79 Å². The second kappa shape index (κ2) is 5.45. The van der Waals surface area contributed by atoms with Gasteiger partial charge in [-0.3, -0.25) is 4.79 Å². The lowest BCUT2D eigenvalue weighted by atomic mass is 9.49. The van der Waals surface area contributed by atoms with Gasteiger partial charge in [-0.05, 0) is 62.3 Å². The lowest BCUT2D eigenvalue weighted by Crippen LogP contribution is -2.62. The Kier molecular flexibility index (Phi) is 3.31. The summed E-state index contributed by atoms with van der Waals surface area (Å²) in [5.74, 6) is 3.31. The van der Waals surface area contributed by atoms with E-state index in [-0.39, 0.29) is 11.5 Å². The highest BCUT2D eigenvalue weighted by atomic mass is 16.5. The monoisotopic (exact) mass is 337 g/mol. The fourth-order valence-electron chi connectivity index (χ4n) is 6.07. The molecular formula is C20H23N3O2. The van der Waals surface area contributed by atoms with Gasteiger partial charge in [-0.2, -0.15) is 5.26 Å². The van der Waals surface area contributed by atoms with Gasteiger partial charge in [-0.15, -0.1) is 0 Å². The fourth-order valence-corrected chi connectivity index (χ4v) is 6.07. The summed E-state index contributed by atoms with van der Waals surface area (Å²) in [7, 11) is 0. The standard InChI is InChI=1S/C20H23N3O2/c21-9-13-1-2-18(22-10-13)25-17-11-23(12-17)19(24)20-6-14-3-15(7-20)5-16(4-14)8-20/h1-2,10,14-17H,3-8,11-12H2. The molecule has 0 N–H and O–H groups in total. The van der Waals surface area contributed by atoms with Crippen molar-refractivity contribution in [3.63, 3.8) is 0 Å². The van der Waals surface area contributed by atoms with Gasteiger partial charge < -0.3 is 9.64 Å². The van der Waals surface area contributed by atoms with Gasteiger partial charge in [0.1, 0.15) is 12.2 Å². The third kappa shape index (κ3) is 2.50. The van der Waals surface area contributed by atoms with Crippen LogP contribution in [0.15, 0.2) is 18.3 Å².